The van der Waals surface area contributed by atoms with Gasteiger partial charge in [-0.2, -0.15) is 0 Å². The van der Waals surface area contributed by atoms with Gasteiger partial charge in [0.1, 0.15) is 30.2 Å². The number of ether oxygens (including phenoxy) is 3. The maximum atomic E-state index is 6.71. The smallest absolute Gasteiger partial charge is 0.167 e. The second kappa shape index (κ2) is 8.01. The Hall–Kier alpha value is -2.54. The Kier molecular flexibility index (Phi) is 5.17. The summed E-state index contributed by atoms with van der Waals surface area (Å²) in [5.41, 5.74) is 9.14. The highest BCUT2D eigenvalue weighted by atomic mass is 35.5. The third-order valence-electron chi connectivity index (χ3n) is 6.85. The molecule has 1 saturated carbocycles. The van der Waals surface area contributed by atoms with E-state index in [-0.39, 0.29) is 12.2 Å². The van der Waals surface area contributed by atoms with Crippen LogP contribution in [-0.4, -0.2) is 43.6 Å². The van der Waals surface area contributed by atoms with E-state index in [1.54, 1.807) is 12.7 Å². The molecule has 2 N–H and O–H groups in total. The van der Waals surface area contributed by atoms with Crippen LogP contribution in [0, 0.1) is 11.8 Å². The van der Waals surface area contributed by atoms with Crippen molar-refractivity contribution in [2.75, 3.05) is 0 Å². The molecule has 1 aromatic carbocycles. The maximum absolute atomic E-state index is 6.71. The van der Waals surface area contributed by atoms with Crippen LogP contribution in [0.15, 0.2) is 36.9 Å². The number of aromatic nitrogens is 4. The van der Waals surface area contributed by atoms with Crippen LogP contribution in [0.5, 0.6) is 0 Å². The summed E-state index contributed by atoms with van der Waals surface area (Å²) in [4.78, 5) is 13.7. The van der Waals surface area contributed by atoms with Crippen LogP contribution in [0.1, 0.15) is 57.0 Å². The van der Waals surface area contributed by atoms with Gasteiger partial charge in [0.2, 0.25) is 0 Å². The Balaban J connectivity index is 1.38. The molecule has 34 heavy (non-hydrogen) atoms. The molecule has 6 rings (SSSR count). The summed E-state index contributed by atoms with van der Waals surface area (Å²) >= 11 is 6.29. The van der Waals surface area contributed by atoms with Crippen LogP contribution < -0.4 is 5.73 Å². The van der Waals surface area contributed by atoms with E-state index >= 15 is 0 Å². The number of halogens is 1. The van der Waals surface area contributed by atoms with Crippen LogP contribution in [0.3, 0.4) is 0 Å². The Bertz CT molecular complexity index is 1310. The van der Waals surface area contributed by atoms with Crippen molar-refractivity contribution in [1.82, 2.24) is 19.5 Å². The third kappa shape index (κ3) is 3.60. The summed E-state index contributed by atoms with van der Waals surface area (Å²) in [5, 5.41) is 0.595. The fourth-order valence-corrected chi connectivity index (χ4v) is 5.46. The Labute approximate surface area is 202 Å². The zero-order valence-corrected chi connectivity index (χ0v) is 19.8. The van der Waals surface area contributed by atoms with E-state index in [0.29, 0.717) is 16.2 Å². The average Bonchev–Trinajstić information content (AvgIpc) is 3.56. The van der Waals surface area contributed by atoms with Crippen LogP contribution in [0.25, 0.3) is 11.2 Å². The van der Waals surface area contributed by atoms with Gasteiger partial charge in [-0.25, -0.2) is 15.0 Å². The van der Waals surface area contributed by atoms with Crippen molar-refractivity contribution in [3.63, 3.8) is 0 Å². The normalized spacial score (nSPS) is 29.2. The van der Waals surface area contributed by atoms with E-state index in [4.69, 9.17) is 31.5 Å². The summed E-state index contributed by atoms with van der Waals surface area (Å²) < 4.78 is 20.7. The molecule has 2 saturated heterocycles. The molecule has 2 aromatic heterocycles. The van der Waals surface area contributed by atoms with E-state index in [9.17, 15) is 0 Å². The second-order valence-electron chi connectivity index (χ2n) is 9.67. The van der Waals surface area contributed by atoms with E-state index in [1.165, 1.54) is 0 Å². The van der Waals surface area contributed by atoms with Crippen molar-refractivity contribution in [2.45, 2.75) is 75.4 Å². The van der Waals surface area contributed by atoms with Crippen molar-refractivity contribution < 1.29 is 14.2 Å². The zero-order valence-electron chi connectivity index (χ0n) is 19.1. The Morgan fingerprint density at radius 3 is 2.65 bits per heavy atom. The van der Waals surface area contributed by atoms with Crippen molar-refractivity contribution >= 4 is 22.8 Å². The molecule has 0 unspecified atom stereocenters. The molecule has 3 aromatic rings. The van der Waals surface area contributed by atoms with Gasteiger partial charge in [0.05, 0.1) is 22.6 Å². The minimum Gasteiger partial charge on any atom is -0.341 e. The van der Waals surface area contributed by atoms with Gasteiger partial charge >= 0.3 is 0 Å². The lowest BCUT2D eigenvalue weighted by Gasteiger charge is -2.24. The second-order valence-corrected chi connectivity index (χ2v) is 10.1. The van der Waals surface area contributed by atoms with Gasteiger partial charge in [-0.1, -0.05) is 48.4 Å². The molecule has 0 spiro atoms. The highest BCUT2D eigenvalue weighted by Crippen LogP contribution is 2.44. The Morgan fingerprint density at radius 1 is 1.09 bits per heavy atom. The summed E-state index contributed by atoms with van der Waals surface area (Å²) in [7, 11) is 0. The first kappa shape index (κ1) is 22.0. The Morgan fingerprint density at radius 2 is 1.85 bits per heavy atom. The quantitative estimate of drug-likeness (QED) is 0.560. The lowest BCUT2D eigenvalue weighted by molar-refractivity contribution is -0.190. The molecule has 1 aliphatic carbocycles. The van der Waals surface area contributed by atoms with Crippen LogP contribution in [-0.2, 0) is 19.7 Å². The van der Waals surface area contributed by atoms with Crippen LogP contribution >= 0.6 is 11.6 Å². The summed E-state index contributed by atoms with van der Waals surface area (Å²) in [6.07, 6.45) is 5.46. The topological polar surface area (TPSA) is 97.3 Å². The molecule has 9 heteroatoms. The monoisotopic (exact) mass is 479 g/mol. The summed E-state index contributed by atoms with van der Waals surface area (Å²) in [6, 6.07) is 7.47. The van der Waals surface area contributed by atoms with Gasteiger partial charge in [0.25, 0.3) is 0 Å². The van der Waals surface area contributed by atoms with E-state index in [0.717, 1.165) is 36.9 Å². The number of imidazole rings is 1. The molecular weight excluding hydrogens is 454 g/mol. The standard InChI is InChI=1S/C25H26ClN5O3/c1-24(2)33-19-17(10-9-15-7-3-4-8-16(15)26)32-23(20(19)34-24)31-14-30-18-21(28-13-29-22(18)31)25(27)11-5-6-12-25/h3-4,7-8,13-14,17,19-20,23H,5-6,11-12,27H2,1-2H3/t17-,19-,20-,23-/m1/s1. The first-order valence-corrected chi connectivity index (χ1v) is 12.0. The van der Waals surface area contributed by atoms with Crippen LogP contribution in [0.2, 0.25) is 5.02 Å². The highest BCUT2D eigenvalue weighted by Gasteiger charge is 2.56. The zero-order chi connectivity index (χ0) is 23.5. The molecular formula is C25H26ClN5O3. The minimum atomic E-state index is -0.761. The predicted molar refractivity (Wildman–Crippen MR) is 126 cm³/mol. The molecule has 3 fully saturated rings. The van der Waals surface area contributed by atoms with Gasteiger partial charge < -0.3 is 19.9 Å². The number of fused-ring (bicyclic) bond motifs is 2. The molecule has 0 radical (unpaired) electrons. The van der Waals surface area contributed by atoms with E-state index < -0.39 is 23.7 Å². The van der Waals surface area contributed by atoms with Gasteiger partial charge in [0, 0.05) is 5.56 Å². The fourth-order valence-electron chi connectivity index (χ4n) is 5.27. The largest absolute Gasteiger partial charge is 0.341 e. The SMILES string of the molecule is CC1(C)O[C@@H]2[C@H](O1)[C@@H](C#Cc1ccccc1Cl)O[C@H]2n1cnc2c(C3(N)CCCC3)ncnc21. The summed E-state index contributed by atoms with van der Waals surface area (Å²) in [5.74, 6) is 5.58. The number of rotatable bonds is 2. The molecule has 0 amide bonds. The lowest BCUT2D eigenvalue weighted by Crippen LogP contribution is -2.34. The summed E-state index contributed by atoms with van der Waals surface area (Å²) in [6.45, 7) is 3.79. The molecule has 4 heterocycles. The average molecular weight is 480 g/mol. The number of nitrogens with two attached hydrogens (primary N) is 1. The van der Waals surface area contributed by atoms with Crippen molar-refractivity contribution in [2.24, 2.45) is 5.73 Å². The predicted octanol–water partition coefficient (Wildman–Crippen LogP) is 3.68. The van der Waals surface area contributed by atoms with Crippen molar-refractivity contribution in [1.29, 1.82) is 0 Å². The highest BCUT2D eigenvalue weighted by molar-refractivity contribution is 6.31. The minimum absolute atomic E-state index is 0.371. The molecule has 176 valence electrons. The number of hydrogen-bond donors (Lipinski definition) is 1. The molecule has 3 aliphatic rings. The van der Waals surface area contributed by atoms with E-state index in [1.807, 2.05) is 42.7 Å². The van der Waals surface area contributed by atoms with Gasteiger partial charge in [-0.15, -0.1) is 0 Å². The van der Waals surface area contributed by atoms with Gasteiger partial charge in [0.15, 0.2) is 17.7 Å². The fraction of sp³-hybridized carbons (Fsp3) is 0.480. The third-order valence-corrected chi connectivity index (χ3v) is 7.18. The number of hydrogen-bond acceptors (Lipinski definition) is 7. The number of benzene rings is 1. The lowest BCUT2D eigenvalue weighted by atomic mass is 9.94. The first-order valence-electron chi connectivity index (χ1n) is 11.6. The van der Waals surface area contributed by atoms with Crippen molar-refractivity contribution in [3.05, 3.63) is 53.2 Å². The first-order chi connectivity index (χ1) is 16.3. The maximum Gasteiger partial charge on any atom is 0.167 e. The molecule has 0 bridgehead atoms. The van der Waals surface area contributed by atoms with Crippen molar-refractivity contribution in [3.8, 4) is 11.8 Å². The molecule has 2 aliphatic heterocycles. The van der Waals surface area contributed by atoms with Crippen LogP contribution in [0.4, 0.5) is 0 Å². The molecule has 8 nitrogen and oxygen atoms in total. The van der Waals surface area contributed by atoms with Gasteiger partial charge in [-0.3, -0.25) is 4.57 Å². The van der Waals surface area contributed by atoms with E-state index in [2.05, 4.69) is 26.8 Å². The van der Waals surface area contributed by atoms with Gasteiger partial charge in [-0.05, 0) is 38.8 Å². The molecule has 4 atom stereocenters. The number of nitrogens with zero attached hydrogens (tertiary/aromatic N) is 4.